The first-order valence-electron chi connectivity index (χ1n) is 7.62. The van der Waals surface area contributed by atoms with Crippen LogP contribution in [-0.2, 0) is 6.54 Å². The third kappa shape index (κ3) is 2.38. The minimum absolute atomic E-state index is 0.655. The van der Waals surface area contributed by atoms with Gasteiger partial charge in [-0.05, 0) is 44.8 Å². The fourth-order valence-corrected chi connectivity index (χ4v) is 3.26. The maximum atomic E-state index is 4.33. The van der Waals surface area contributed by atoms with Gasteiger partial charge < -0.3 is 4.57 Å². The number of hydrogen-bond acceptors (Lipinski definition) is 3. The normalized spacial score (nSPS) is 21.4. The average molecular weight is 271 g/mol. The summed E-state index contributed by atoms with van der Waals surface area (Å²) in [6.45, 7) is 3.38. The molecule has 2 aromatic heterocycles. The van der Waals surface area contributed by atoms with E-state index in [4.69, 9.17) is 0 Å². The molecule has 0 bridgehead atoms. The molecule has 5 heteroatoms. The molecule has 2 fully saturated rings. The van der Waals surface area contributed by atoms with Gasteiger partial charge in [-0.3, -0.25) is 10.00 Å². The second-order valence-corrected chi connectivity index (χ2v) is 6.09. The molecule has 0 spiro atoms. The molecular formula is C15H21N5. The zero-order valence-electron chi connectivity index (χ0n) is 11.7. The van der Waals surface area contributed by atoms with Gasteiger partial charge in [-0.15, -0.1) is 0 Å². The lowest BCUT2D eigenvalue weighted by Crippen LogP contribution is -2.33. The minimum Gasteiger partial charge on any atom is -0.330 e. The summed E-state index contributed by atoms with van der Waals surface area (Å²) in [6, 6.07) is 2.85. The van der Waals surface area contributed by atoms with Crippen LogP contribution in [0, 0.1) is 0 Å². The van der Waals surface area contributed by atoms with Gasteiger partial charge in [0.05, 0.1) is 12.0 Å². The number of rotatable bonds is 4. The lowest BCUT2D eigenvalue weighted by molar-refractivity contribution is 0.199. The van der Waals surface area contributed by atoms with Crippen molar-refractivity contribution in [1.82, 2.24) is 24.6 Å². The zero-order chi connectivity index (χ0) is 13.4. The van der Waals surface area contributed by atoms with Crippen LogP contribution in [0.2, 0.25) is 0 Å². The molecule has 2 aliphatic rings. The van der Waals surface area contributed by atoms with Crippen molar-refractivity contribution in [2.24, 2.45) is 0 Å². The molecule has 1 aliphatic heterocycles. The molecular weight excluding hydrogens is 250 g/mol. The van der Waals surface area contributed by atoms with E-state index in [1.54, 1.807) is 0 Å². The molecule has 5 nitrogen and oxygen atoms in total. The van der Waals surface area contributed by atoms with Crippen LogP contribution in [0.5, 0.6) is 0 Å². The predicted octanol–water partition coefficient (Wildman–Crippen LogP) is 2.32. The predicted molar refractivity (Wildman–Crippen MR) is 76.3 cm³/mol. The first kappa shape index (κ1) is 12.1. The lowest BCUT2D eigenvalue weighted by atomic mass is 9.93. The van der Waals surface area contributed by atoms with Crippen LogP contribution >= 0.6 is 0 Å². The standard InChI is InChI=1S/C15H21N5/c1-2-13(1)20-11-16-9-14(20)10-19-7-4-12(5-8-19)15-3-6-17-18-15/h3,6,9,11-13H,1-2,4-5,7-8,10H2,(H,17,18). The van der Waals surface area contributed by atoms with E-state index in [0.717, 1.165) is 12.6 Å². The Morgan fingerprint density at radius 2 is 2.05 bits per heavy atom. The zero-order valence-corrected chi connectivity index (χ0v) is 11.7. The van der Waals surface area contributed by atoms with Crippen molar-refractivity contribution >= 4 is 0 Å². The van der Waals surface area contributed by atoms with Gasteiger partial charge in [0.2, 0.25) is 0 Å². The molecule has 1 saturated carbocycles. The molecule has 20 heavy (non-hydrogen) atoms. The van der Waals surface area contributed by atoms with Crippen LogP contribution in [0.3, 0.4) is 0 Å². The number of imidazole rings is 1. The van der Waals surface area contributed by atoms with E-state index in [1.165, 1.54) is 50.2 Å². The Morgan fingerprint density at radius 1 is 1.20 bits per heavy atom. The summed E-state index contributed by atoms with van der Waals surface area (Å²) in [5, 5.41) is 7.18. The highest BCUT2D eigenvalue weighted by Crippen LogP contribution is 2.36. The van der Waals surface area contributed by atoms with E-state index in [0.29, 0.717) is 5.92 Å². The Hall–Kier alpha value is -1.62. The molecule has 1 aliphatic carbocycles. The molecule has 0 atom stereocenters. The summed E-state index contributed by atoms with van der Waals surface area (Å²) in [5.74, 6) is 0.655. The van der Waals surface area contributed by atoms with Gasteiger partial charge in [0, 0.05) is 36.6 Å². The number of piperidine rings is 1. The highest BCUT2D eigenvalue weighted by molar-refractivity contribution is 5.08. The Labute approximate surface area is 119 Å². The van der Waals surface area contributed by atoms with Gasteiger partial charge in [0.15, 0.2) is 0 Å². The topological polar surface area (TPSA) is 49.7 Å². The number of nitrogens with one attached hydrogen (secondary N) is 1. The lowest BCUT2D eigenvalue weighted by Gasteiger charge is -2.31. The Bertz CT molecular complexity index is 547. The van der Waals surface area contributed by atoms with Crippen molar-refractivity contribution in [1.29, 1.82) is 0 Å². The Morgan fingerprint density at radius 3 is 2.75 bits per heavy atom. The number of H-pyrrole nitrogens is 1. The number of likely N-dealkylation sites (tertiary alicyclic amines) is 1. The summed E-state index contributed by atoms with van der Waals surface area (Å²) in [6.07, 6.45) is 11.0. The summed E-state index contributed by atoms with van der Waals surface area (Å²) in [5.41, 5.74) is 2.68. The maximum Gasteiger partial charge on any atom is 0.0951 e. The molecule has 0 amide bonds. The number of nitrogens with zero attached hydrogens (tertiary/aromatic N) is 4. The van der Waals surface area contributed by atoms with Crippen LogP contribution in [0.4, 0.5) is 0 Å². The quantitative estimate of drug-likeness (QED) is 0.928. The molecule has 2 aromatic rings. The second kappa shape index (κ2) is 5.05. The van der Waals surface area contributed by atoms with Crippen LogP contribution in [-0.4, -0.2) is 37.7 Å². The fourth-order valence-electron chi connectivity index (χ4n) is 3.26. The summed E-state index contributed by atoms with van der Waals surface area (Å²) < 4.78 is 2.38. The number of hydrogen-bond donors (Lipinski definition) is 1. The van der Waals surface area contributed by atoms with Crippen molar-refractivity contribution in [2.45, 2.75) is 44.2 Å². The summed E-state index contributed by atoms with van der Waals surface area (Å²) in [7, 11) is 0. The smallest absolute Gasteiger partial charge is 0.0951 e. The summed E-state index contributed by atoms with van der Waals surface area (Å²) >= 11 is 0. The molecule has 1 saturated heterocycles. The van der Waals surface area contributed by atoms with Gasteiger partial charge in [0.1, 0.15) is 0 Å². The van der Waals surface area contributed by atoms with E-state index in [9.17, 15) is 0 Å². The van der Waals surface area contributed by atoms with Crippen molar-refractivity contribution in [3.63, 3.8) is 0 Å². The second-order valence-electron chi connectivity index (χ2n) is 6.09. The molecule has 106 valence electrons. The highest BCUT2D eigenvalue weighted by Gasteiger charge is 2.27. The monoisotopic (exact) mass is 271 g/mol. The Balaban J connectivity index is 1.36. The molecule has 0 unspecified atom stereocenters. The van der Waals surface area contributed by atoms with Gasteiger partial charge in [-0.1, -0.05) is 0 Å². The molecule has 0 radical (unpaired) electrons. The molecule has 3 heterocycles. The van der Waals surface area contributed by atoms with E-state index >= 15 is 0 Å². The third-order valence-electron chi connectivity index (χ3n) is 4.62. The molecule has 1 N–H and O–H groups in total. The maximum absolute atomic E-state index is 4.33. The fraction of sp³-hybridized carbons (Fsp3) is 0.600. The van der Waals surface area contributed by atoms with Crippen LogP contribution < -0.4 is 0 Å². The van der Waals surface area contributed by atoms with Crippen LogP contribution in [0.1, 0.15) is 49.0 Å². The van der Waals surface area contributed by atoms with Gasteiger partial charge in [-0.25, -0.2) is 4.98 Å². The first-order chi connectivity index (χ1) is 9.90. The largest absolute Gasteiger partial charge is 0.330 e. The van der Waals surface area contributed by atoms with Crippen molar-refractivity contribution in [2.75, 3.05) is 13.1 Å². The van der Waals surface area contributed by atoms with Crippen molar-refractivity contribution in [3.05, 3.63) is 36.2 Å². The van der Waals surface area contributed by atoms with E-state index in [1.807, 2.05) is 18.7 Å². The number of aromatic nitrogens is 4. The van der Waals surface area contributed by atoms with Crippen molar-refractivity contribution in [3.8, 4) is 0 Å². The van der Waals surface area contributed by atoms with Crippen LogP contribution in [0.15, 0.2) is 24.8 Å². The van der Waals surface area contributed by atoms with Gasteiger partial charge in [-0.2, -0.15) is 5.10 Å². The third-order valence-corrected chi connectivity index (χ3v) is 4.62. The van der Waals surface area contributed by atoms with Crippen molar-refractivity contribution < 1.29 is 0 Å². The first-order valence-corrected chi connectivity index (χ1v) is 7.62. The minimum atomic E-state index is 0.655. The summed E-state index contributed by atoms with van der Waals surface area (Å²) in [4.78, 5) is 6.89. The van der Waals surface area contributed by atoms with E-state index < -0.39 is 0 Å². The molecule has 0 aromatic carbocycles. The number of aromatic amines is 1. The van der Waals surface area contributed by atoms with E-state index in [2.05, 4.69) is 30.7 Å². The van der Waals surface area contributed by atoms with Gasteiger partial charge >= 0.3 is 0 Å². The average Bonchev–Trinajstić information content (AvgIpc) is 3.00. The van der Waals surface area contributed by atoms with Crippen LogP contribution in [0.25, 0.3) is 0 Å². The molecule has 4 rings (SSSR count). The Kier molecular flexibility index (Phi) is 3.07. The van der Waals surface area contributed by atoms with E-state index in [-0.39, 0.29) is 0 Å². The van der Waals surface area contributed by atoms with Gasteiger partial charge in [0.25, 0.3) is 0 Å². The SMILES string of the molecule is c1cc(C2CCN(Cc3cncn3C3CC3)CC2)[nH]n1. The highest BCUT2D eigenvalue weighted by atomic mass is 15.2.